The Balaban J connectivity index is 4.53. The number of hydrogen-bond acceptors (Lipinski definition) is 7. The van der Waals surface area contributed by atoms with Gasteiger partial charge >= 0.3 is 19.8 Å². The molecule has 2 atom stereocenters. The van der Waals surface area contributed by atoms with Gasteiger partial charge in [-0.05, 0) is 77.0 Å². The minimum atomic E-state index is -4.39. The first-order valence-electron chi connectivity index (χ1n) is 20.0. The van der Waals surface area contributed by atoms with Crippen LogP contribution in [0.5, 0.6) is 0 Å². The maximum absolute atomic E-state index is 12.6. The number of carbonyl (C=O) groups excluding carboxylic acids is 2. The van der Waals surface area contributed by atoms with Crippen molar-refractivity contribution in [1.29, 1.82) is 0 Å². The topological polar surface area (TPSA) is 108 Å². The average Bonchev–Trinajstić information content (AvgIpc) is 3.09. The first-order valence-corrected chi connectivity index (χ1v) is 21.5. The number of carbonyl (C=O) groups is 2. The zero-order chi connectivity index (χ0) is 38.6. The van der Waals surface area contributed by atoms with Gasteiger partial charge in [0.25, 0.3) is 0 Å². The summed E-state index contributed by atoms with van der Waals surface area (Å²) in [5, 5.41) is 0. The highest BCUT2D eigenvalue weighted by Gasteiger charge is 2.27. The summed E-state index contributed by atoms with van der Waals surface area (Å²) in [7, 11) is 1.43. The SMILES string of the molecule is CC/C=C/C/C=C/C/C=C/C/C=C/CCCCC(=O)O[C@H](COC(=O)CCCCC/C=C/CCCCCCCC)COP(=O)(O)OCC[N+](C)(C)C. The number of allylic oxidation sites excluding steroid dienone is 10. The van der Waals surface area contributed by atoms with E-state index in [9.17, 15) is 19.0 Å². The van der Waals surface area contributed by atoms with Crippen molar-refractivity contribution in [3.8, 4) is 0 Å². The van der Waals surface area contributed by atoms with Gasteiger partial charge in [-0.25, -0.2) is 4.57 Å². The lowest BCUT2D eigenvalue weighted by atomic mass is 10.1. The predicted octanol–water partition coefficient (Wildman–Crippen LogP) is 10.9. The van der Waals surface area contributed by atoms with Gasteiger partial charge in [0.2, 0.25) is 0 Å². The van der Waals surface area contributed by atoms with Crippen LogP contribution in [0.3, 0.4) is 0 Å². The average molecular weight is 753 g/mol. The normalized spacial score (nSPS) is 14.3. The third-order valence-electron chi connectivity index (χ3n) is 8.03. The Bertz CT molecular complexity index is 1080. The molecule has 0 saturated heterocycles. The Hall–Kier alpha value is -2.29. The Morgan fingerprint density at radius 2 is 1.10 bits per heavy atom. The molecule has 0 aliphatic carbocycles. The number of esters is 2. The standard InChI is InChI=1S/C42H74NO8P/c1-6-8-10-12-14-16-18-20-21-23-25-27-29-31-33-35-42(45)51-40(39-50-52(46,47)49-37-36-43(3,4)5)38-48-41(44)34-32-30-28-26-24-22-19-17-15-13-11-9-7-2/h8,10,14,16,20-22,24-25,27,40H,6-7,9,11-13,15,17-19,23,26,28-39H2,1-5H3/p+1/b10-8+,16-14+,21-20+,24-22+,27-25+/t40-/m1/s1. The molecule has 1 unspecified atom stereocenters. The number of quaternary nitrogens is 1. The smallest absolute Gasteiger partial charge is 0.462 e. The van der Waals surface area contributed by atoms with Crippen molar-refractivity contribution in [2.45, 2.75) is 148 Å². The Kier molecular flexibility index (Phi) is 33.0. The summed E-state index contributed by atoms with van der Waals surface area (Å²) in [6, 6.07) is 0. The molecule has 0 radical (unpaired) electrons. The fraction of sp³-hybridized carbons (Fsp3) is 0.714. The molecule has 0 aliphatic rings. The van der Waals surface area contributed by atoms with E-state index in [1.807, 2.05) is 21.1 Å². The molecule has 0 fully saturated rings. The van der Waals surface area contributed by atoms with Crippen LogP contribution in [0, 0.1) is 0 Å². The fourth-order valence-corrected chi connectivity index (χ4v) is 5.62. The second kappa shape index (κ2) is 34.5. The molecule has 0 aromatic rings. The van der Waals surface area contributed by atoms with Gasteiger partial charge in [-0.15, -0.1) is 0 Å². The third kappa shape index (κ3) is 37.5. The van der Waals surface area contributed by atoms with Crippen LogP contribution < -0.4 is 0 Å². The largest absolute Gasteiger partial charge is 0.472 e. The molecule has 10 heteroatoms. The Morgan fingerprint density at radius 1 is 0.615 bits per heavy atom. The molecule has 0 heterocycles. The van der Waals surface area contributed by atoms with Crippen LogP contribution in [0.15, 0.2) is 60.8 Å². The maximum Gasteiger partial charge on any atom is 0.472 e. The van der Waals surface area contributed by atoms with E-state index < -0.39 is 32.5 Å². The van der Waals surface area contributed by atoms with Crippen LogP contribution in [0.25, 0.3) is 0 Å². The molecule has 1 N–H and O–H groups in total. The van der Waals surface area contributed by atoms with E-state index in [-0.39, 0.29) is 26.1 Å². The molecular weight excluding hydrogens is 677 g/mol. The maximum atomic E-state index is 12.6. The van der Waals surface area contributed by atoms with Crippen molar-refractivity contribution in [3.63, 3.8) is 0 Å². The quantitative estimate of drug-likeness (QED) is 0.0224. The molecule has 52 heavy (non-hydrogen) atoms. The molecule has 0 spiro atoms. The van der Waals surface area contributed by atoms with Crippen molar-refractivity contribution in [2.75, 3.05) is 47.5 Å². The number of nitrogens with zero attached hydrogens (tertiary/aromatic N) is 1. The third-order valence-corrected chi connectivity index (χ3v) is 9.02. The Morgan fingerprint density at radius 3 is 1.69 bits per heavy atom. The fourth-order valence-electron chi connectivity index (χ4n) is 4.88. The van der Waals surface area contributed by atoms with Crippen LogP contribution in [-0.4, -0.2) is 74.9 Å². The number of phosphoric ester groups is 1. The minimum Gasteiger partial charge on any atom is -0.462 e. The van der Waals surface area contributed by atoms with Gasteiger partial charge in [0.1, 0.15) is 19.8 Å². The highest BCUT2D eigenvalue weighted by Crippen LogP contribution is 2.43. The number of likely N-dealkylation sites (N-methyl/N-ethyl adjacent to an activating group) is 1. The summed E-state index contributed by atoms with van der Waals surface area (Å²) >= 11 is 0. The lowest BCUT2D eigenvalue weighted by Crippen LogP contribution is -2.37. The first kappa shape index (κ1) is 49.7. The van der Waals surface area contributed by atoms with Crippen molar-refractivity contribution < 1.29 is 42.1 Å². The van der Waals surface area contributed by atoms with Gasteiger partial charge in [0.15, 0.2) is 6.10 Å². The molecule has 0 amide bonds. The van der Waals surface area contributed by atoms with Gasteiger partial charge in [-0.2, -0.15) is 0 Å². The van der Waals surface area contributed by atoms with Crippen LogP contribution in [0.4, 0.5) is 0 Å². The number of rotatable bonds is 35. The lowest BCUT2D eigenvalue weighted by molar-refractivity contribution is -0.870. The lowest BCUT2D eigenvalue weighted by Gasteiger charge is -2.24. The van der Waals surface area contributed by atoms with Crippen molar-refractivity contribution >= 4 is 19.8 Å². The highest BCUT2D eigenvalue weighted by molar-refractivity contribution is 7.47. The predicted molar refractivity (Wildman–Crippen MR) is 215 cm³/mol. The van der Waals surface area contributed by atoms with E-state index in [1.165, 1.54) is 38.5 Å². The molecule has 9 nitrogen and oxygen atoms in total. The summed E-state index contributed by atoms with van der Waals surface area (Å²) < 4.78 is 34.1. The van der Waals surface area contributed by atoms with E-state index in [4.69, 9.17) is 18.5 Å². The van der Waals surface area contributed by atoms with Gasteiger partial charge < -0.3 is 18.9 Å². The van der Waals surface area contributed by atoms with Gasteiger partial charge in [0, 0.05) is 12.8 Å². The highest BCUT2D eigenvalue weighted by atomic mass is 31.2. The summed E-state index contributed by atoms with van der Waals surface area (Å²) in [6.07, 6.45) is 39.9. The van der Waals surface area contributed by atoms with Crippen LogP contribution in [0.2, 0.25) is 0 Å². The second-order valence-electron chi connectivity index (χ2n) is 14.3. The van der Waals surface area contributed by atoms with Crippen molar-refractivity contribution in [2.24, 2.45) is 0 Å². The number of unbranched alkanes of at least 4 members (excludes halogenated alkanes) is 11. The van der Waals surface area contributed by atoms with Crippen molar-refractivity contribution in [1.82, 2.24) is 0 Å². The van der Waals surface area contributed by atoms with E-state index in [0.717, 1.165) is 64.2 Å². The molecule has 0 bridgehead atoms. The Labute approximate surface area is 317 Å². The molecular formula is C42H75NO8P+. The summed E-state index contributed by atoms with van der Waals surface area (Å²) in [5.41, 5.74) is 0. The molecule has 0 aliphatic heterocycles. The van der Waals surface area contributed by atoms with Crippen LogP contribution in [-0.2, 0) is 32.7 Å². The van der Waals surface area contributed by atoms with Crippen LogP contribution in [0.1, 0.15) is 142 Å². The zero-order valence-corrected chi connectivity index (χ0v) is 34.4. The van der Waals surface area contributed by atoms with Crippen LogP contribution >= 0.6 is 7.82 Å². The summed E-state index contributed by atoms with van der Waals surface area (Å²) in [5.74, 6) is -0.873. The molecule has 0 aromatic carbocycles. The molecule has 0 aromatic heterocycles. The van der Waals surface area contributed by atoms with Gasteiger partial charge in [-0.3, -0.25) is 18.6 Å². The molecule has 300 valence electrons. The summed E-state index contributed by atoms with van der Waals surface area (Å²) in [6.45, 7) is 4.20. The number of phosphoric acid groups is 1. The first-order chi connectivity index (χ1) is 25.0. The molecule has 0 rings (SSSR count). The van der Waals surface area contributed by atoms with Crippen molar-refractivity contribution in [3.05, 3.63) is 60.8 Å². The van der Waals surface area contributed by atoms with E-state index in [2.05, 4.69) is 74.6 Å². The van der Waals surface area contributed by atoms with E-state index in [1.54, 1.807) is 0 Å². The summed E-state index contributed by atoms with van der Waals surface area (Å²) in [4.78, 5) is 35.2. The number of ether oxygens (including phenoxy) is 2. The van der Waals surface area contributed by atoms with E-state index >= 15 is 0 Å². The zero-order valence-electron chi connectivity index (χ0n) is 33.5. The molecule has 0 saturated carbocycles. The number of hydrogen-bond donors (Lipinski definition) is 1. The minimum absolute atomic E-state index is 0.0188. The van der Waals surface area contributed by atoms with Gasteiger partial charge in [0.05, 0.1) is 27.7 Å². The van der Waals surface area contributed by atoms with Gasteiger partial charge in [-0.1, -0.05) is 113 Å². The second-order valence-corrected chi connectivity index (χ2v) is 15.7. The van der Waals surface area contributed by atoms with E-state index in [0.29, 0.717) is 23.9 Å². The monoisotopic (exact) mass is 753 g/mol.